The Labute approximate surface area is 232 Å². The van der Waals surface area contributed by atoms with Gasteiger partial charge in [0.25, 0.3) is 5.69 Å². The number of nitrogens with zero attached hydrogens (tertiary/aromatic N) is 2. The molecule has 2 aromatic rings. The van der Waals surface area contributed by atoms with Crippen LogP contribution in [0.4, 0.5) is 15.8 Å². The first-order chi connectivity index (χ1) is 19.2. The van der Waals surface area contributed by atoms with Crippen LogP contribution in [0.3, 0.4) is 0 Å². The molecule has 1 aliphatic carbocycles. The molecule has 0 aromatic heterocycles. The first-order valence-corrected chi connectivity index (χ1v) is 13.9. The summed E-state index contributed by atoms with van der Waals surface area (Å²) >= 11 is 0. The van der Waals surface area contributed by atoms with E-state index in [0.29, 0.717) is 25.0 Å². The molecule has 0 radical (unpaired) electrons. The van der Waals surface area contributed by atoms with Gasteiger partial charge in [-0.05, 0) is 61.4 Å². The molecule has 9 heteroatoms. The molecule has 2 heterocycles. The summed E-state index contributed by atoms with van der Waals surface area (Å²) in [6, 6.07) is 10.0. The fourth-order valence-electron chi connectivity index (χ4n) is 6.53. The van der Waals surface area contributed by atoms with E-state index < -0.39 is 22.6 Å². The average Bonchev–Trinajstić information content (AvgIpc) is 3.47. The number of fused-ring (bicyclic) bond motifs is 3. The zero-order chi connectivity index (χ0) is 28.6. The number of anilines is 1. The van der Waals surface area contributed by atoms with Crippen molar-refractivity contribution in [2.75, 3.05) is 11.5 Å². The highest BCUT2D eigenvalue weighted by Crippen LogP contribution is 2.51. The van der Waals surface area contributed by atoms with Gasteiger partial charge in [-0.3, -0.25) is 19.7 Å². The van der Waals surface area contributed by atoms with Crippen molar-refractivity contribution in [3.8, 4) is 5.75 Å². The maximum Gasteiger partial charge on any atom is 0.271 e. The molecule has 2 fully saturated rings. The highest BCUT2D eigenvalue weighted by molar-refractivity contribution is 6.22. The van der Waals surface area contributed by atoms with E-state index in [0.717, 1.165) is 41.7 Å². The lowest BCUT2D eigenvalue weighted by Gasteiger charge is -2.32. The van der Waals surface area contributed by atoms with Crippen LogP contribution in [0.5, 0.6) is 5.75 Å². The van der Waals surface area contributed by atoms with Gasteiger partial charge >= 0.3 is 0 Å². The van der Waals surface area contributed by atoms with E-state index in [2.05, 4.69) is 6.92 Å². The van der Waals surface area contributed by atoms with E-state index in [1.807, 2.05) is 13.0 Å². The second kappa shape index (κ2) is 11.3. The lowest BCUT2D eigenvalue weighted by molar-refractivity contribution is -0.384. The number of carbonyl (C=O) groups excluding carboxylic acids is 2. The Morgan fingerprint density at radius 1 is 1.18 bits per heavy atom. The molecular formula is C31H33FN2O6. The average molecular weight is 549 g/mol. The first-order valence-electron chi connectivity index (χ1n) is 13.9. The Morgan fingerprint density at radius 2 is 1.98 bits per heavy atom. The van der Waals surface area contributed by atoms with E-state index in [9.17, 15) is 29.2 Å². The van der Waals surface area contributed by atoms with Crippen molar-refractivity contribution in [1.29, 1.82) is 0 Å². The van der Waals surface area contributed by atoms with Crippen LogP contribution in [-0.4, -0.2) is 34.6 Å². The summed E-state index contributed by atoms with van der Waals surface area (Å²) in [5.41, 5.74) is 4.18. The lowest BCUT2D eigenvalue weighted by Crippen LogP contribution is -2.34. The molecule has 0 saturated carbocycles. The second-order valence-corrected chi connectivity index (χ2v) is 10.8. The van der Waals surface area contributed by atoms with Gasteiger partial charge in [0.05, 0.1) is 35.2 Å². The summed E-state index contributed by atoms with van der Waals surface area (Å²) in [7, 11) is 0. The van der Waals surface area contributed by atoms with Crippen molar-refractivity contribution in [3.05, 3.63) is 80.7 Å². The monoisotopic (exact) mass is 548 g/mol. The summed E-state index contributed by atoms with van der Waals surface area (Å²) in [6.07, 6.45) is 6.17. The standard InChI is InChI=1S/C31H33FN2O6/c1-3-6-20-15-23-29(31(37)33(30(23)36)21-7-5-8-22(16-21)34(38)39)24-17-40-27(28(20)24)12-10-18(4-2)13-19-9-11-26(35)25(32)14-19/h5,7-9,11,13-14,16,23-24,27,29,35H,3-4,6,10,12,15,17H2,1-2H3/b18-13+/t23-,24+,27-,29-/m1/s1. The highest BCUT2D eigenvalue weighted by Gasteiger charge is 2.57. The fraction of sp³-hybridized carbons (Fsp3) is 0.419. The number of phenols is 1. The number of amides is 2. The molecule has 2 aliphatic heterocycles. The number of non-ortho nitro benzene ring substituents is 1. The van der Waals surface area contributed by atoms with Crippen molar-refractivity contribution in [3.63, 3.8) is 0 Å². The Bertz CT molecular complexity index is 1420. The summed E-state index contributed by atoms with van der Waals surface area (Å²) in [5, 5.41) is 20.8. The summed E-state index contributed by atoms with van der Waals surface area (Å²) in [5.74, 6) is -2.91. The van der Waals surface area contributed by atoms with Gasteiger partial charge in [-0.15, -0.1) is 0 Å². The Hall–Kier alpha value is -3.85. The van der Waals surface area contributed by atoms with Gasteiger partial charge in [0.15, 0.2) is 11.6 Å². The topological polar surface area (TPSA) is 110 Å². The largest absolute Gasteiger partial charge is 0.505 e. The van der Waals surface area contributed by atoms with Gasteiger partial charge in [0.2, 0.25) is 11.8 Å². The zero-order valence-corrected chi connectivity index (χ0v) is 22.6. The third-order valence-electron chi connectivity index (χ3n) is 8.38. The van der Waals surface area contributed by atoms with E-state index in [-0.39, 0.29) is 41.0 Å². The Morgan fingerprint density at radius 3 is 2.67 bits per heavy atom. The lowest BCUT2D eigenvalue weighted by atomic mass is 9.68. The molecule has 2 amide bonds. The molecule has 1 N–H and O–H groups in total. The van der Waals surface area contributed by atoms with Crippen LogP contribution in [0.2, 0.25) is 0 Å². The first kappa shape index (κ1) is 27.7. The molecule has 40 heavy (non-hydrogen) atoms. The number of aromatic hydroxyl groups is 1. The Balaban J connectivity index is 1.39. The quantitative estimate of drug-likeness (QED) is 0.170. The SMILES string of the molecule is CCCC1=C2[C@@H](CC/C(=C/c3ccc(O)c(F)c3)CC)OC[C@@H]2[C@@H]2C(=O)N(c3cccc([N+](=O)[O-])c3)C(=O)[C@@H]2C1. The smallest absolute Gasteiger partial charge is 0.271 e. The van der Waals surface area contributed by atoms with Gasteiger partial charge in [0, 0.05) is 18.1 Å². The fourth-order valence-corrected chi connectivity index (χ4v) is 6.53. The van der Waals surface area contributed by atoms with E-state index in [1.54, 1.807) is 12.1 Å². The second-order valence-electron chi connectivity index (χ2n) is 10.8. The number of hydrogen-bond acceptors (Lipinski definition) is 6. The van der Waals surface area contributed by atoms with Crippen LogP contribution in [0, 0.1) is 33.7 Å². The minimum atomic E-state index is -0.660. The number of benzene rings is 2. The normalized spacial score (nSPS) is 24.5. The predicted octanol–water partition coefficient (Wildman–Crippen LogP) is 6.33. The molecule has 8 nitrogen and oxygen atoms in total. The molecular weight excluding hydrogens is 515 g/mol. The van der Waals surface area contributed by atoms with Crippen LogP contribution in [0.1, 0.15) is 57.9 Å². The highest BCUT2D eigenvalue weighted by atomic mass is 19.1. The molecule has 0 spiro atoms. The van der Waals surface area contributed by atoms with Gasteiger partial charge < -0.3 is 9.84 Å². The third kappa shape index (κ3) is 5.06. The molecule has 3 aliphatic rings. The third-order valence-corrected chi connectivity index (χ3v) is 8.38. The van der Waals surface area contributed by atoms with Crippen LogP contribution in [0.15, 0.2) is 59.2 Å². The number of imide groups is 1. The Kier molecular flexibility index (Phi) is 7.85. The van der Waals surface area contributed by atoms with Crippen LogP contribution in [0.25, 0.3) is 6.08 Å². The van der Waals surface area contributed by atoms with Crippen molar-refractivity contribution in [1.82, 2.24) is 0 Å². The minimum absolute atomic E-state index is 0.169. The number of nitro groups is 1. The van der Waals surface area contributed by atoms with E-state index >= 15 is 0 Å². The van der Waals surface area contributed by atoms with Crippen LogP contribution >= 0.6 is 0 Å². The summed E-state index contributed by atoms with van der Waals surface area (Å²) < 4.78 is 20.1. The van der Waals surface area contributed by atoms with Gasteiger partial charge in [-0.25, -0.2) is 9.29 Å². The maximum atomic E-state index is 13.8. The summed E-state index contributed by atoms with van der Waals surface area (Å²) in [4.78, 5) is 39.2. The van der Waals surface area contributed by atoms with E-state index in [1.165, 1.54) is 35.9 Å². The maximum absolute atomic E-state index is 13.8. The number of phenolic OH excluding ortho intramolecular Hbond substituents is 1. The van der Waals surface area contributed by atoms with Crippen molar-refractivity contribution in [2.45, 2.75) is 58.5 Å². The van der Waals surface area contributed by atoms with Crippen molar-refractivity contribution in [2.24, 2.45) is 17.8 Å². The van der Waals surface area contributed by atoms with Crippen LogP contribution < -0.4 is 4.90 Å². The number of allylic oxidation sites excluding steroid dienone is 2. The number of carbonyl (C=O) groups is 2. The molecule has 0 bridgehead atoms. The number of rotatable bonds is 9. The minimum Gasteiger partial charge on any atom is -0.505 e. The zero-order valence-electron chi connectivity index (χ0n) is 22.6. The number of nitro benzene ring substituents is 1. The van der Waals surface area contributed by atoms with Crippen LogP contribution in [-0.2, 0) is 14.3 Å². The van der Waals surface area contributed by atoms with Crippen molar-refractivity contribution >= 4 is 29.3 Å². The molecule has 2 saturated heterocycles. The number of hydrogen-bond donors (Lipinski definition) is 1. The molecule has 5 rings (SSSR count). The number of halogens is 1. The van der Waals surface area contributed by atoms with Gasteiger partial charge in [0.1, 0.15) is 0 Å². The molecule has 4 atom stereocenters. The molecule has 0 unspecified atom stereocenters. The van der Waals surface area contributed by atoms with E-state index in [4.69, 9.17) is 4.74 Å². The van der Waals surface area contributed by atoms with Gasteiger partial charge in [-0.1, -0.05) is 49.6 Å². The predicted molar refractivity (Wildman–Crippen MR) is 148 cm³/mol. The van der Waals surface area contributed by atoms with Gasteiger partial charge in [-0.2, -0.15) is 0 Å². The van der Waals surface area contributed by atoms with Crippen molar-refractivity contribution < 1.29 is 28.7 Å². The molecule has 2 aromatic carbocycles. The summed E-state index contributed by atoms with van der Waals surface area (Å²) in [6.45, 7) is 4.48. The number of ether oxygens (including phenoxy) is 1. The molecule has 210 valence electrons.